The average molecular weight is 365 g/mol. The molecule has 1 aromatic carbocycles. The quantitative estimate of drug-likeness (QED) is 0.649. The highest BCUT2D eigenvalue weighted by atomic mass is 32.2. The number of carbonyl (C=O) groups is 2. The Labute approximate surface area is 154 Å². The van der Waals surface area contributed by atoms with Gasteiger partial charge in [0.05, 0.1) is 11.4 Å². The molecule has 8 heteroatoms. The lowest BCUT2D eigenvalue weighted by atomic mass is 10.2. The molecule has 2 heterocycles. The van der Waals surface area contributed by atoms with Crippen molar-refractivity contribution in [3.8, 4) is 11.3 Å². The summed E-state index contributed by atoms with van der Waals surface area (Å²) in [6, 6.07) is 13.8. The summed E-state index contributed by atoms with van der Waals surface area (Å²) in [6.45, 7) is 0. The number of aromatic nitrogens is 3. The third-order valence-electron chi connectivity index (χ3n) is 3.42. The molecule has 0 bridgehead atoms. The molecular formula is C18H15N5O2S. The molecule has 0 aliphatic heterocycles. The van der Waals surface area contributed by atoms with E-state index in [9.17, 15) is 9.59 Å². The molecule has 0 saturated heterocycles. The number of nitrogens with one attached hydrogen (secondary N) is 1. The third-order valence-corrected chi connectivity index (χ3v) is 4.34. The average Bonchev–Trinajstić information content (AvgIpc) is 2.68. The summed E-state index contributed by atoms with van der Waals surface area (Å²) in [5.74, 6) is -0.491. The fourth-order valence-electron chi connectivity index (χ4n) is 2.13. The van der Waals surface area contributed by atoms with Crippen LogP contribution in [0.4, 0.5) is 5.69 Å². The molecule has 7 nitrogen and oxygen atoms in total. The number of hydrogen-bond donors (Lipinski definition) is 2. The number of benzene rings is 1. The predicted molar refractivity (Wildman–Crippen MR) is 99.6 cm³/mol. The zero-order valence-corrected chi connectivity index (χ0v) is 14.4. The van der Waals surface area contributed by atoms with Crippen LogP contribution in [0.2, 0.25) is 0 Å². The first-order chi connectivity index (χ1) is 12.6. The van der Waals surface area contributed by atoms with E-state index in [2.05, 4.69) is 20.5 Å². The summed E-state index contributed by atoms with van der Waals surface area (Å²) in [5.41, 5.74) is 7.84. The first kappa shape index (κ1) is 17.6. The second-order valence-corrected chi connectivity index (χ2v) is 6.27. The van der Waals surface area contributed by atoms with Crippen molar-refractivity contribution in [3.05, 3.63) is 66.5 Å². The Kier molecular flexibility index (Phi) is 5.55. The summed E-state index contributed by atoms with van der Waals surface area (Å²) in [4.78, 5) is 27.0. The Morgan fingerprint density at radius 3 is 2.31 bits per heavy atom. The number of hydrogen-bond acceptors (Lipinski definition) is 6. The summed E-state index contributed by atoms with van der Waals surface area (Å²) >= 11 is 1.29. The lowest BCUT2D eigenvalue weighted by molar-refractivity contribution is -0.113. The van der Waals surface area contributed by atoms with E-state index in [0.29, 0.717) is 16.3 Å². The standard InChI is InChI=1S/C18H15N5O2S/c19-18(25)13-1-3-14(4-2-13)21-16(24)11-26-17-6-5-15(22-23-17)12-7-9-20-10-8-12/h1-10H,11H2,(H2,19,25)(H,21,24). The normalized spacial score (nSPS) is 10.3. The van der Waals surface area contributed by atoms with Gasteiger partial charge in [-0.05, 0) is 48.5 Å². The fourth-order valence-corrected chi connectivity index (χ4v) is 2.74. The molecule has 0 spiro atoms. The maximum absolute atomic E-state index is 12.0. The third kappa shape index (κ3) is 4.64. The maximum Gasteiger partial charge on any atom is 0.248 e. The van der Waals surface area contributed by atoms with Gasteiger partial charge in [-0.1, -0.05) is 11.8 Å². The molecule has 2 amide bonds. The zero-order chi connectivity index (χ0) is 18.4. The Bertz CT molecular complexity index is 899. The largest absolute Gasteiger partial charge is 0.366 e. The second kappa shape index (κ2) is 8.21. The number of thioether (sulfide) groups is 1. The predicted octanol–water partition coefficient (Wildman–Crippen LogP) is 2.37. The van der Waals surface area contributed by atoms with Crippen LogP contribution < -0.4 is 11.1 Å². The molecular weight excluding hydrogens is 350 g/mol. The molecule has 3 N–H and O–H groups in total. The summed E-state index contributed by atoms with van der Waals surface area (Å²) in [6.07, 6.45) is 3.39. The van der Waals surface area contributed by atoms with E-state index >= 15 is 0 Å². The number of pyridine rings is 1. The van der Waals surface area contributed by atoms with Crippen molar-refractivity contribution in [1.82, 2.24) is 15.2 Å². The molecule has 26 heavy (non-hydrogen) atoms. The molecule has 3 rings (SSSR count). The van der Waals surface area contributed by atoms with E-state index < -0.39 is 5.91 Å². The van der Waals surface area contributed by atoms with Crippen LogP contribution in [0.1, 0.15) is 10.4 Å². The van der Waals surface area contributed by atoms with Crippen LogP contribution >= 0.6 is 11.8 Å². The molecule has 130 valence electrons. The maximum atomic E-state index is 12.0. The van der Waals surface area contributed by atoms with Gasteiger partial charge in [-0.2, -0.15) is 0 Å². The van der Waals surface area contributed by atoms with Gasteiger partial charge in [-0.25, -0.2) is 0 Å². The molecule has 0 fully saturated rings. The van der Waals surface area contributed by atoms with E-state index in [4.69, 9.17) is 5.73 Å². The molecule has 0 unspecified atom stereocenters. The number of anilines is 1. The van der Waals surface area contributed by atoms with Crippen LogP contribution in [0.5, 0.6) is 0 Å². The van der Waals surface area contributed by atoms with Gasteiger partial charge in [0.1, 0.15) is 5.03 Å². The minimum absolute atomic E-state index is 0.179. The Balaban J connectivity index is 1.53. The van der Waals surface area contributed by atoms with Crippen LogP contribution in [0, 0.1) is 0 Å². The molecule has 3 aromatic rings. The van der Waals surface area contributed by atoms with Crippen LogP contribution in [-0.2, 0) is 4.79 Å². The van der Waals surface area contributed by atoms with E-state index in [1.807, 2.05) is 24.3 Å². The van der Waals surface area contributed by atoms with E-state index in [1.54, 1.807) is 36.7 Å². The minimum atomic E-state index is -0.507. The van der Waals surface area contributed by atoms with Crippen LogP contribution in [0.3, 0.4) is 0 Å². The molecule has 0 saturated carbocycles. The van der Waals surface area contributed by atoms with Crippen molar-refractivity contribution in [3.63, 3.8) is 0 Å². The molecule has 2 aromatic heterocycles. The van der Waals surface area contributed by atoms with Crippen LogP contribution in [0.15, 0.2) is 66.0 Å². The van der Waals surface area contributed by atoms with Crippen molar-refractivity contribution in [1.29, 1.82) is 0 Å². The van der Waals surface area contributed by atoms with Crippen molar-refractivity contribution in [2.45, 2.75) is 5.03 Å². The molecule has 0 atom stereocenters. The van der Waals surface area contributed by atoms with Gasteiger partial charge in [-0.3, -0.25) is 14.6 Å². The van der Waals surface area contributed by atoms with Gasteiger partial charge in [0.15, 0.2) is 0 Å². The molecule has 0 radical (unpaired) electrons. The van der Waals surface area contributed by atoms with Crippen molar-refractivity contribution in [2.24, 2.45) is 5.73 Å². The second-order valence-electron chi connectivity index (χ2n) is 5.27. The van der Waals surface area contributed by atoms with Crippen molar-refractivity contribution >= 4 is 29.3 Å². The first-order valence-electron chi connectivity index (χ1n) is 7.68. The van der Waals surface area contributed by atoms with E-state index in [1.165, 1.54) is 11.8 Å². The number of rotatable bonds is 6. The smallest absolute Gasteiger partial charge is 0.248 e. The van der Waals surface area contributed by atoms with Crippen molar-refractivity contribution < 1.29 is 9.59 Å². The summed E-state index contributed by atoms with van der Waals surface area (Å²) in [5, 5.41) is 11.7. The number of nitrogens with two attached hydrogens (primary N) is 1. The highest BCUT2D eigenvalue weighted by Gasteiger charge is 2.07. The van der Waals surface area contributed by atoms with Crippen LogP contribution in [-0.4, -0.2) is 32.7 Å². The first-order valence-corrected chi connectivity index (χ1v) is 8.67. The SMILES string of the molecule is NC(=O)c1ccc(NC(=O)CSc2ccc(-c3ccncc3)nn2)cc1. The highest BCUT2D eigenvalue weighted by molar-refractivity contribution is 7.99. The zero-order valence-electron chi connectivity index (χ0n) is 13.6. The minimum Gasteiger partial charge on any atom is -0.366 e. The van der Waals surface area contributed by atoms with Gasteiger partial charge >= 0.3 is 0 Å². The van der Waals surface area contributed by atoms with Crippen LogP contribution in [0.25, 0.3) is 11.3 Å². The lowest BCUT2D eigenvalue weighted by Gasteiger charge is -2.06. The van der Waals surface area contributed by atoms with Gasteiger partial charge in [0, 0.05) is 29.2 Å². The van der Waals surface area contributed by atoms with Crippen molar-refractivity contribution in [2.75, 3.05) is 11.1 Å². The summed E-state index contributed by atoms with van der Waals surface area (Å²) < 4.78 is 0. The summed E-state index contributed by atoms with van der Waals surface area (Å²) in [7, 11) is 0. The Morgan fingerprint density at radius 1 is 0.962 bits per heavy atom. The fraction of sp³-hybridized carbons (Fsp3) is 0.0556. The molecule has 0 aliphatic rings. The van der Waals surface area contributed by atoms with Gasteiger partial charge < -0.3 is 11.1 Å². The van der Waals surface area contributed by atoms with Gasteiger partial charge in [-0.15, -0.1) is 10.2 Å². The topological polar surface area (TPSA) is 111 Å². The highest BCUT2D eigenvalue weighted by Crippen LogP contribution is 2.19. The monoisotopic (exact) mass is 365 g/mol. The Hall–Kier alpha value is -3.26. The van der Waals surface area contributed by atoms with E-state index in [0.717, 1.165) is 11.3 Å². The number of amides is 2. The number of primary amides is 1. The van der Waals surface area contributed by atoms with Gasteiger partial charge in [0.2, 0.25) is 11.8 Å². The molecule has 0 aliphatic carbocycles. The van der Waals surface area contributed by atoms with E-state index in [-0.39, 0.29) is 11.7 Å². The Morgan fingerprint density at radius 2 is 1.69 bits per heavy atom. The van der Waals surface area contributed by atoms with Gasteiger partial charge in [0.25, 0.3) is 0 Å². The number of nitrogens with zero attached hydrogens (tertiary/aromatic N) is 3. The lowest BCUT2D eigenvalue weighted by Crippen LogP contribution is -2.15. The number of carbonyl (C=O) groups excluding carboxylic acids is 2.